The van der Waals surface area contributed by atoms with Crippen LogP contribution < -0.4 is 5.32 Å². The smallest absolute Gasteiger partial charge is 0.113 e. The molecule has 1 saturated carbocycles. The molecule has 0 aliphatic heterocycles. The van der Waals surface area contributed by atoms with Crippen LogP contribution in [-0.2, 0) is 13.0 Å². The standard InChI is InChI=1S/C15H20N4/c1-2-3-15-17-8-9-19(15)14-6-7-16-10-12(14)11-18-13-4-5-13/h6-10,13,18H,2-5,11H2,1H3. The zero-order chi connectivity index (χ0) is 13.1. The van der Waals surface area contributed by atoms with Gasteiger partial charge in [0.05, 0.1) is 5.69 Å². The molecule has 2 aromatic rings. The minimum absolute atomic E-state index is 0.714. The number of nitrogens with zero attached hydrogens (tertiary/aromatic N) is 3. The minimum Gasteiger partial charge on any atom is -0.310 e. The summed E-state index contributed by atoms with van der Waals surface area (Å²) in [6.45, 7) is 3.07. The molecule has 0 aromatic carbocycles. The number of hydrogen-bond acceptors (Lipinski definition) is 3. The first-order valence-corrected chi connectivity index (χ1v) is 7.07. The number of hydrogen-bond donors (Lipinski definition) is 1. The Kier molecular flexibility index (Phi) is 3.60. The molecule has 3 rings (SSSR count). The first-order chi connectivity index (χ1) is 9.38. The lowest BCUT2D eigenvalue weighted by atomic mass is 10.2. The Morgan fingerprint density at radius 3 is 3.05 bits per heavy atom. The van der Waals surface area contributed by atoms with Gasteiger partial charge in [-0.3, -0.25) is 4.98 Å². The summed E-state index contributed by atoms with van der Waals surface area (Å²) in [7, 11) is 0. The van der Waals surface area contributed by atoms with Gasteiger partial charge in [-0.2, -0.15) is 0 Å². The quantitative estimate of drug-likeness (QED) is 0.863. The Morgan fingerprint density at radius 1 is 1.37 bits per heavy atom. The lowest BCUT2D eigenvalue weighted by Gasteiger charge is -2.13. The highest BCUT2D eigenvalue weighted by molar-refractivity contribution is 5.40. The van der Waals surface area contributed by atoms with Crippen LogP contribution >= 0.6 is 0 Å². The van der Waals surface area contributed by atoms with Gasteiger partial charge in [-0.15, -0.1) is 0 Å². The first-order valence-electron chi connectivity index (χ1n) is 7.07. The number of rotatable bonds is 6. The Hall–Kier alpha value is -1.68. The summed E-state index contributed by atoms with van der Waals surface area (Å²) in [6, 6.07) is 2.79. The molecular formula is C15H20N4. The Bertz CT molecular complexity index is 543. The average Bonchev–Trinajstić information content (AvgIpc) is 3.16. The second kappa shape index (κ2) is 5.53. The van der Waals surface area contributed by atoms with E-state index >= 15 is 0 Å². The van der Waals surface area contributed by atoms with Crippen molar-refractivity contribution in [3.05, 3.63) is 42.2 Å². The Morgan fingerprint density at radius 2 is 2.26 bits per heavy atom. The summed E-state index contributed by atoms with van der Waals surface area (Å²) in [6.07, 6.45) is 12.5. The molecule has 4 heteroatoms. The van der Waals surface area contributed by atoms with Crippen molar-refractivity contribution in [3.8, 4) is 5.69 Å². The van der Waals surface area contributed by atoms with Crippen molar-refractivity contribution in [1.82, 2.24) is 19.9 Å². The molecular weight excluding hydrogens is 236 g/mol. The van der Waals surface area contributed by atoms with Gasteiger partial charge in [-0.05, 0) is 25.3 Å². The Balaban J connectivity index is 1.87. The van der Waals surface area contributed by atoms with Crippen LogP contribution in [0.2, 0.25) is 0 Å². The third-order valence-electron chi connectivity index (χ3n) is 3.49. The third kappa shape index (κ3) is 2.84. The highest BCUT2D eigenvalue weighted by Crippen LogP contribution is 2.21. The Labute approximate surface area is 113 Å². The molecule has 0 atom stereocenters. The zero-order valence-electron chi connectivity index (χ0n) is 11.3. The van der Waals surface area contributed by atoms with Crippen molar-refractivity contribution < 1.29 is 0 Å². The van der Waals surface area contributed by atoms with E-state index in [1.807, 2.05) is 24.8 Å². The fourth-order valence-corrected chi connectivity index (χ4v) is 2.30. The largest absolute Gasteiger partial charge is 0.310 e. The van der Waals surface area contributed by atoms with Crippen LogP contribution in [0.3, 0.4) is 0 Å². The fourth-order valence-electron chi connectivity index (χ4n) is 2.30. The van der Waals surface area contributed by atoms with E-state index in [2.05, 4.69) is 32.8 Å². The molecule has 1 fully saturated rings. The van der Waals surface area contributed by atoms with Gasteiger partial charge in [0.1, 0.15) is 5.82 Å². The van der Waals surface area contributed by atoms with Crippen molar-refractivity contribution in [2.75, 3.05) is 0 Å². The van der Waals surface area contributed by atoms with Crippen LogP contribution in [-0.4, -0.2) is 20.6 Å². The molecule has 100 valence electrons. The highest BCUT2D eigenvalue weighted by Gasteiger charge is 2.20. The molecule has 1 aliphatic rings. The topological polar surface area (TPSA) is 42.7 Å². The molecule has 0 amide bonds. The molecule has 1 N–H and O–H groups in total. The third-order valence-corrected chi connectivity index (χ3v) is 3.49. The lowest BCUT2D eigenvalue weighted by Crippen LogP contribution is -2.17. The van der Waals surface area contributed by atoms with Gasteiger partial charge in [-0.25, -0.2) is 4.98 Å². The maximum Gasteiger partial charge on any atom is 0.113 e. The first kappa shape index (κ1) is 12.4. The van der Waals surface area contributed by atoms with E-state index in [0.29, 0.717) is 6.04 Å². The summed E-state index contributed by atoms with van der Waals surface area (Å²) < 4.78 is 2.19. The SMILES string of the molecule is CCCc1nccn1-c1ccncc1CNC1CC1. The molecule has 2 heterocycles. The van der Waals surface area contributed by atoms with Crippen LogP contribution in [0, 0.1) is 0 Å². The van der Waals surface area contributed by atoms with E-state index in [9.17, 15) is 0 Å². The fraction of sp³-hybridized carbons (Fsp3) is 0.467. The van der Waals surface area contributed by atoms with E-state index in [1.165, 1.54) is 24.1 Å². The number of aromatic nitrogens is 3. The molecule has 0 radical (unpaired) electrons. The number of imidazole rings is 1. The lowest BCUT2D eigenvalue weighted by molar-refractivity contribution is 0.680. The van der Waals surface area contributed by atoms with E-state index in [-0.39, 0.29) is 0 Å². The summed E-state index contributed by atoms with van der Waals surface area (Å²) in [5.41, 5.74) is 2.44. The molecule has 0 saturated heterocycles. The molecule has 0 bridgehead atoms. The normalized spacial score (nSPS) is 14.8. The minimum atomic E-state index is 0.714. The van der Waals surface area contributed by atoms with Gasteiger partial charge in [0.25, 0.3) is 0 Å². The second-order valence-electron chi connectivity index (χ2n) is 5.12. The predicted molar refractivity (Wildman–Crippen MR) is 75.2 cm³/mol. The van der Waals surface area contributed by atoms with Gasteiger partial charge in [0, 0.05) is 49.4 Å². The summed E-state index contributed by atoms with van der Waals surface area (Å²) in [4.78, 5) is 8.71. The summed E-state index contributed by atoms with van der Waals surface area (Å²) >= 11 is 0. The van der Waals surface area contributed by atoms with E-state index in [4.69, 9.17) is 0 Å². The monoisotopic (exact) mass is 256 g/mol. The summed E-state index contributed by atoms with van der Waals surface area (Å²) in [5.74, 6) is 1.13. The van der Waals surface area contributed by atoms with Crippen LogP contribution in [0.1, 0.15) is 37.6 Å². The average molecular weight is 256 g/mol. The zero-order valence-corrected chi connectivity index (χ0v) is 11.3. The van der Waals surface area contributed by atoms with Crippen LogP contribution in [0.15, 0.2) is 30.9 Å². The number of pyridine rings is 1. The summed E-state index contributed by atoms with van der Waals surface area (Å²) in [5, 5.41) is 3.55. The van der Waals surface area contributed by atoms with Gasteiger partial charge >= 0.3 is 0 Å². The molecule has 0 spiro atoms. The van der Waals surface area contributed by atoms with Gasteiger partial charge < -0.3 is 9.88 Å². The highest BCUT2D eigenvalue weighted by atomic mass is 15.1. The predicted octanol–water partition coefficient (Wildman–Crippen LogP) is 2.47. The van der Waals surface area contributed by atoms with Crippen molar-refractivity contribution in [2.45, 2.75) is 45.2 Å². The van der Waals surface area contributed by atoms with Crippen LogP contribution in [0.25, 0.3) is 5.69 Å². The number of aryl methyl sites for hydroxylation is 1. The van der Waals surface area contributed by atoms with Crippen molar-refractivity contribution in [1.29, 1.82) is 0 Å². The van der Waals surface area contributed by atoms with E-state index in [1.54, 1.807) is 0 Å². The van der Waals surface area contributed by atoms with Crippen molar-refractivity contribution in [2.24, 2.45) is 0 Å². The molecule has 0 unspecified atom stereocenters. The number of nitrogens with one attached hydrogen (secondary N) is 1. The van der Waals surface area contributed by atoms with Crippen molar-refractivity contribution >= 4 is 0 Å². The van der Waals surface area contributed by atoms with Crippen LogP contribution in [0.5, 0.6) is 0 Å². The van der Waals surface area contributed by atoms with Gasteiger partial charge in [0.2, 0.25) is 0 Å². The van der Waals surface area contributed by atoms with Gasteiger partial charge in [0.15, 0.2) is 0 Å². The van der Waals surface area contributed by atoms with Crippen LogP contribution in [0.4, 0.5) is 0 Å². The van der Waals surface area contributed by atoms with Gasteiger partial charge in [-0.1, -0.05) is 6.92 Å². The molecule has 2 aromatic heterocycles. The molecule has 1 aliphatic carbocycles. The second-order valence-corrected chi connectivity index (χ2v) is 5.12. The van der Waals surface area contributed by atoms with E-state index in [0.717, 1.165) is 25.2 Å². The maximum absolute atomic E-state index is 4.45. The maximum atomic E-state index is 4.45. The van der Waals surface area contributed by atoms with E-state index < -0.39 is 0 Å². The molecule has 19 heavy (non-hydrogen) atoms. The molecule has 4 nitrogen and oxygen atoms in total. The van der Waals surface area contributed by atoms with Crippen molar-refractivity contribution in [3.63, 3.8) is 0 Å².